The van der Waals surface area contributed by atoms with Gasteiger partial charge in [0.05, 0.1) is 12.2 Å². The van der Waals surface area contributed by atoms with Gasteiger partial charge in [0.2, 0.25) is 0 Å². The summed E-state index contributed by atoms with van der Waals surface area (Å²) in [6, 6.07) is 5.26. The highest BCUT2D eigenvalue weighted by molar-refractivity contribution is 9.10. The zero-order chi connectivity index (χ0) is 13.5. The number of hydrogen-bond acceptors (Lipinski definition) is 3. The van der Waals surface area contributed by atoms with Crippen molar-refractivity contribution in [3.8, 4) is 0 Å². The fourth-order valence-electron chi connectivity index (χ4n) is 1.47. The molecule has 1 aromatic rings. The molecule has 100 valence electrons. The van der Waals surface area contributed by atoms with Gasteiger partial charge in [-0.25, -0.2) is 4.79 Å². The summed E-state index contributed by atoms with van der Waals surface area (Å²) in [6.07, 6.45) is 0. The lowest BCUT2D eigenvalue weighted by molar-refractivity contribution is 0.0696. The molecular weight excluding hydrogens is 298 g/mol. The van der Waals surface area contributed by atoms with Gasteiger partial charge in [-0.3, -0.25) is 0 Å². The van der Waals surface area contributed by atoms with Crippen molar-refractivity contribution in [2.45, 2.75) is 13.8 Å². The van der Waals surface area contributed by atoms with E-state index in [1.165, 1.54) is 0 Å². The molecule has 0 bridgehead atoms. The average Bonchev–Trinajstić information content (AvgIpc) is 2.27. The molecule has 0 saturated carbocycles. The predicted octanol–water partition coefficient (Wildman–Crippen LogP) is 3.23. The van der Waals surface area contributed by atoms with Gasteiger partial charge in [-0.1, -0.05) is 19.9 Å². The normalized spacial score (nSPS) is 10.7. The molecule has 0 aliphatic rings. The molecule has 0 atom stereocenters. The number of hydrogen-bond donors (Lipinski definition) is 2. The smallest absolute Gasteiger partial charge is 0.338 e. The summed E-state index contributed by atoms with van der Waals surface area (Å²) in [5.74, 6) is -0.446. The van der Waals surface area contributed by atoms with Crippen LogP contribution in [0.15, 0.2) is 22.7 Å². The van der Waals surface area contributed by atoms with Gasteiger partial charge in [0, 0.05) is 23.3 Å². The molecule has 0 fully saturated rings. The number of carboxylic acids is 1. The molecule has 0 spiro atoms. The van der Waals surface area contributed by atoms with Crippen molar-refractivity contribution in [1.29, 1.82) is 0 Å². The summed E-state index contributed by atoms with van der Waals surface area (Å²) in [5, 5.41) is 12.2. The Hall–Kier alpha value is -1.07. The second-order valence-electron chi connectivity index (χ2n) is 4.36. The molecule has 0 amide bonds. The Labute approximate surface area is 115 Å². The van der Waals surface area contributed by atoms with Crippen LogP contribution in [0, 0.1) is 5.92 Å². The first-order valence-corrected chi connectivity index (χ1v) is 6.65. The third-order valence-corrected chi connectivity index (χ3v) is 2.90. The number of nitrogens with one attached hydrogen (secondary N) is 1. The summed E-state index contributed by atoms with van der Waals surface area (Å²) in [7, 11) is 0. The van der Waals surface area contributed by atoms with E-state index in [1.54, 1.807) is 18.2 Å². The first-order chi connectivity index (χ1) is 8.52. The van der Waals surface area contributed by atoms with Crippen LogP contribution in [0.5, 0.6) is 0 Å². The molecule has 0 aliphatic heterocycles. The zero-order valence-electron chi connectivity index (χ0n) is 10.6. The average molecular weight is 316 g/mol. The molecule has 0 saturated heterocycles. The molecule has 2 N–H and O–H groups in total. The van der Waals surface area contributed by atoms with Crippen LogP contribution in [0.2, 0.25) is 0 Å². The zero-order valence-corrected chi connectivity index (χ0v) is 12.2. The fraction of sp³-hybridized carbons (Fsp3) is 0.462. The number of ether oxygens (including phenoxy) is 1. The minimum absolute atomic E-state index is 0.251. The Morgan fingerprint density at radius 1 is 1.50 bits per heavy atom. The monoisotopic (exact) mass is 315 g/mol. The largest absolute Gasteiger partial charge is 0.478 e. The van der Waals surface area contributed by atoms with Gasteiger partial charge < -0.3 is 15.2 Å². The second kappa shape index (κ2) is 7.38. The molecule has 0 unspecified atom stereocenters. The molecule has 5 heteroatoms. The van der Waals surface area contributed by atoms with Crippen LogP contribution in [0.4, 0.5) is 5.69 Å². The number of benzene rings is 1. The summed E-state index contributed by atoms with van der Waals surface area (Å²) in [6.45, 7) is 6.04. The van der Waals surface area contributed by atoms with E-state index < -0.39 is 5.97 Å². The quantitative estimate of drug-likeness (QED) is 0.758. The summed E-state index contributed by atoms with van der Waals surface area (Å²) < 4.78 is 6.00. The molecule has 1 aromatic carbocycles. The van der Waals surface area contributed by atoms with E-state index in [-0.39, 0.29) is 5.56 Å². The number of aromatic carboxylic acids is 1. The van der Waals surface area contributed by atoms with Crippen LogP contribution < -0.4 is 5.32 Å². The molecule has 0 aromatic heterocycles. The van der Waals surface area contributed by atoms with Crippen molar-refractivity contribution >= 4 is 27.6 Å². The van der Waals surface area contributed by atoms with Crippen LogP contribution >= 0.6 is 15.9 Å². The Morgan fingerprint density at radius 2 is 2.22 bits per heavy atom. The van der Waals surface area contributed by atoms with Gasteiger partial charge in [0.15, 0.2) is 0 Å². The second-order valence-corrected chi connectivity index (χ2v) is 5.22. The molecule has 18 heavy (non-hydrogen) atoms. The van der Waals surface area contributed by atoms with Gasteiger partial charge in [-0.15, -0.1) is 0 Å². The van der Waals surface area contributed by atoms with E-state index in [0.717, 1.165) is 0 Å². The lowest BCUT2D eigenvalue weighted by Crippen LogP contribution is -2.14. The van der Waals surface area contributed by atoms with E-state index in [0.29, 0.717) is 35.8 Å². The first-order valence-electron chi connectivity index (χ1n) is 5.85. The Morgan fingerprint density at radius 3 is 2.83 bits per heavy atom. The Bertz CT molecular complexity index is 407. The Kier molecular flexibility index (Phi) is 6.15. The van der Waals surface area contributed by atoms with Crippen molar-refractivity contribution in [1.82, 2.24) is 0 Å². The molecule has 0 radical (unpaired) electrons. The van der Waals surface area contributed by atoms with Crippen molar-refractivity contribution in [2.75, 3.05) is 25.1 Å². The van der Waals surface area contributed by atoms with Crippen LogP contribution in [-0.2, 0) is 4.74 Å². The summed E-state index contributed by atoms with van der Waals surface area (Å²) >= 11 is 3.24. The number of carboxylic acid groups (broad SMARTS) is 1. The topological polar surface area (TPSA) is 58.6 Å². The van der Waals surface area contributed by atoms with Gasteiger partial charge >= 0.3 is 5.97 Å². The number of anilines is 1. The van der Waals surface area contributed by atoms with Crippen LogP contribution in [0.25, 0.3) is 0 Å². The highest BCUT2D eigenvalue weighted by atomic mass is 79.9. The van der Waals surface area contributed by atoms with Gasteiger partial charge in [-0.2, -0.15) is 0 Å². The number of carbonyl (C=O) groups is 1. The maximum Gasteiger partial charge on any atom is 0.338 e. The van der Waals surface area contributed by atoms with Crippen LogP contribution in [-0.4, -0.2) is 30.8 Å². The van der Waals surface area contributed by atoms with E-state index >= 15 is 0 Å². The predicted molar refractivity (Wildman–Crippen MR) is 75.2 cm³/mol. The SMILES string of the molecule is CC(C)COCCNc1cccc(Br)c1C(=O)O. The van der Waals surface area contributed by atoms with Gasteiger partial charge in [-0.05, 0) is 34.0 Å². The molecular formula is C13H18BrNO3. The van der Waals surface area contributed by atoms with Crippen molar-refractivity contribution in [3.05, 3.63) is 28.2 Å². The van der Waals surface area contributed by atoms with Gasteiger partial charge in [0.25, 0.3) is 0 Å². The maximum atomic E-state index is 11.1. The lowest BCUT2D eigenvalue weighted by atomic mass is 10.2. The van der Waals surface area contributed by atoms with Crippen molar-refractivity contribution in [3.63, 3.8) is 0 Å². The fourth-order valence-corrected chi connectivity index (χ4v) is 2.00. The molecule has 0 heterocycles. The third-order valence-electron chi connectivity index (χ3n) is 2.24. The first kappa shape index (κ1) is 15.0. The molecule has 4 nitrogen and oxygen atoms in total. The van der Waals surface area contributed by atoms with E-state index in [1.807, 2.05) is 0 Å². The highest BCUT2D eigenvalue weighted by Gasteiger charge is 2.13. The molecule has 1 rings (SSSR count). The van der Waals surface area contributed by atoms with Crippen molar-refractivity contribution < 1.29 is 14.6 Å². The summed E-state index contributed by atoms with van der Waals surface area (Å²) in [4.78, 5) is 11.1. The van der Waals surface area contributed by atoms with E-state index in [2.05, 4.69) is 35.1 Å². The summed E-state index contributed by atoms with van der Waals surface area (Å²) in [5.41, 5.74) is 0.853. The Balaban J connectivity index is 2.52. The number of rotatable bonds is 7. The maximum absolute atomic E-state index is 11.1. The van der Waals surface area contributed by atoms with E-state index in [4.69, 9.17) is 9.84 Å². The van der Waals surface area contributed by atoms with Gasteiger partial charge in [0.1, 0.15) is 0 Å². The van der Waals surface area contributed by atoms with E-state index in [9.17, 15) is 4.79 Å². The minimum atomic E-state index is -0.951. The standard InChI is InChI=1S/C13H18BrNO3/c1-9(2)8-18-7-6-15-11-5-3-4-10(14)12(11)13(16)17/h3-5,9,15H,6-8H2,1-2H3,(H,16,17). The number of halogens is 1. The minimum Gasteiger partial charge on any atom is -0.478 e. The van der Waals surface area contributed by atoms with Crippen LogP contribution in [0.3, 0.4) is 0 Å². The van der Waals surface area contributed by atoms with Crippen molar-refractivity contribution in [2.24, 2.45) is 5.92 Å². The molecule has 0 aliphatic carbocycles. The van der Waals surface area contributed by atoms with Crippen LogP contribution in [0.1, 0.15) is 24.2 Å². The highest BCUT2D eigenvalue weighted by Crippen LogP contribution is 2.24. The third kappa shape index (κ3) is 4.66. The lowest BCUT2D eigenvalue weighted by Gasteiger charge is -2.11.